The van der Waals surface area contributed by atoms with Crippen LogP contribution in [0, 0.1) is 11.8 Å². The quantitative estimate of drug-likeness (QED) is 0.518. The number of rotatable bonds is 6. The fraction of sp³-hybridized carbons (Fsp3) is 0.889. The van der Waals surface area contributed by atoms with Gasteiger partial charge < -0.3 is 16.8 Å². The summed E-state index contributed by atoms with van der Waals surface area (Å²) in [5.74, 6) is 1.33. The second-order valence-corrected chi connectivity index (χ2v) is 3.98. The van der Waals surface area contributed by atoms with Gasteiger partial charge in [0.05, 0.1) is 0 Å². The minimum atomic E-state index is -0.285. The Morgan fingerprint density at radius 1 is 1.69 bits per heavy atom. The van der Waals surface area contributed by atoms with E-state index in [4.69, 9.17) is 11.5 Å². The van der Waals surface area contributed by atoms with Crippen LogP contribution in [0.25, 0.3) is 0 Å². The van der Waals surface area contributed by atoms with Crippen molar-refractivity contribution in [3.8, 4) is 0 Å². The third-order valence-electron chi connectivity index (χ3n) is 2.68. The van der Waals surface area contributed by atoms with Crippen LogP contribution in [0.5, 0.6) is 0 Å². The lowest BCUT2D eigenvalue weighted by molar-refractivity contribution is -0.118. The maximum Gasteiger partial charge on any atom is 0.219 e. The molecule has 0 saturated heterocycles. The molecule has 1 saturated carbocycles. The Morgan fingerprint density at radius 2 is 2.31 bits per heavy atom. The average molecular weight is 185 g/mol. The lowest BCUT2D eigenvalue weighted by atomic mass is 10.2. The summed E-state index contributed by atoms with van der Waals surface area (Å²) in [6, 6.07) is 0.0605. The van der Waals surface area contributed by atoms with E-state index in [-0.39, 0.29) is 11.9 Å². The zero-order chi connectivity index (χ0) is 9.84. The molecule has 1 amide bonds. The van der Waals surface area contributed by atoms with Crippen molar-refractivity contribution >= 4 is 5.91 Å². The first-order valence-corrected chi connectivity index (χ1v) is 4.85. The van der Waals surface area contributed by atoms with Gasteiger partial charge in [0.2, 0.25) is 5.91 Å². The molecule has 0 aliphatic heterocycles. The first-order valence-electron chi connectivity index (χ1n) is 4.85. The molecule has 1 aliphatic carbocycles. The molecule has 1 fully saturated rings. The van der Waals surface area contributed by atoms with E-state index in [1.54, 1.807) is 0 Å². The molecule has 1 rings (SSSR count). The highest BCUT2D eigenvalue weighted by molar-refractivity contribution is 5.74. The molecule has 13 heavy (non-hydrogen) atoms. The molecule has 76 valence electrons. The van der Waals surface area contributed by atoms with Crippen LogP contribution >= 0.6 is 0 Å². The Labute approximate surface area is 79.0 Å². The number of nitrogens with one attached hydrogen (secondary N) is 1. The van der Waals surface area contributed by atoms with Crippen molar-refractivity contribution < 1.29 is 4.79 Å². The van der Waals surface area contributed by atoms with Crippen LogP contribution in [0.15, 0.2) is 0 Å². The third-order valence-corrected chi connectivity index (χ3v) is 2.68. The highest BCUT2D eigenvalue weighted by Gasteiger charge is 2.32. The Balaban J connectivity index is 2.12. The van der Waals surface area contributed by atoms with Crippen molar-refractivity contribution in [1.82, 2.24) is 5.32 Å². The Kier molecular flexibility index (Phi) is 3.69. The van der Waals surface area contributed by atoms with Gasteiger partial charge in [0, 0.05) is 19.0 Å². The molecule has 3 atom stereocenters. The van der Waals surface area contributed by atoms with Gasteiger partial charge in [-0.05, 0) is 24.8 Å². The first-order chi connectivity index (χ1) is 6.13. The maximum absolute atomic E-state index is 10.6. The molecule has 1 aliphatic rings. The van der Waals surface area contributed by atoms with Crippen molar-refractivity contribution in [2.45, 2.75) is 25.8 Å². The zero-order valence-corrected chi connectivity index (χ0v) is 8.12. The van der Waals surface area contributed by atoms with Crippen LogP contribution < -0.4 is 16.8 Å². The molecule has 0 spiro atoms. The molecule has 0 aromatic heterocycles. The zero-order valence-electron chi connectivity index (χ0n) is 8.12. The highest BCUT2D eigenvalue weighted by atomic mass is 16.1. The topological polar surface area (TPSA) is 81.1 Å². The monoisotopic (exact) mass is 185 g/mol. The lowest BCUT2D eigenvalue weighted by Gasteiger charge is -2.14. The number of carbonyl (C=O) groups excluding carboxylic acids is 1. The van der Waals surface area contributed by atoms with Crippen LogP contribution in [-0.2, 0) is 4.79 Å². The van der Waals surface area contributed by atoms with Gasteiger partial charge in [0.15, 0.2) is 0 Å². The van der Waals surface area contributed by atoms with Crippen LogP contribution in [-0.4, -0.2) is 25.0 Å². The number of nitrogens with two attached hydrogens (primary N) is 2. The second kappa shape index (κ2) is 4.58. The minimum Gasteiger partial charge on any atom is -0.370 e. The summed E-state index contributed by atoms with van der Waals surface area (Å²) in [4.78, 5) is 10.6. The fourth-order valence-corrected chi connectivity index (χ4v) is 1.48. The molecule has 0 aromatic carbocycles. The predicted octanol–water partition coefficient (Wildman–Crippen LogP) is -0.565. The normalized spacial score (nSPS) is 28.5. The predicted molar refractivity (Wildman–Crippen MR) is 51.9 cm³/mol. The van der Waals surface area contributed by atoms with Gasteiger partial charge in [-0.2, -0.15) is 0 Å². The summed E-state index contributed by atoms with van der Waals surface area (Å²) < 4.78 is 0. The van der Waals surface area contributed by atoms with E-state index in [0.29, 0.717) is 13.0 Å². The van der Waals surface area contributed by atoms with Gasteiger partial charge in [0.1, 0.15) is 0 Å². The van der Waals surface area contributed by atoms with Crippen LogP contribution in [0.4, 0.5) is 0 Å². The number of carbonyl (C=O) groups is 1. The molecule has 5 N–H and O–H groups in total. The summed E-state index contributed by atoms with van der Waals surface area (Å²) >= 11 is 0. The Hall–Kier alpha value is -0.610. The Bertz CT molecular complexity index is 184. The molecule has 0 heterocycles. The van der Waals surface area contributed by atoms with E-state index in [1.807, 2.05) is 0 Å². The van der Waals surface area contributed by atoms with E-state index in [1.165, 1.54) is 6.42 Å². The summed E-state index contributed by atoms with van der Waals surface area (Å²) in [7, 11) is 0. The molecule has 0 aromatic rings. The molecule has 0 radical (unpaired) electrons. The van der Waals surface area contributed by atoms with Crippen molar-refractivity contribution in [2.24, 2.45) is 23.3 Å². The van der Waals surface area contributed by atoms with Gasteiger partial charge in [-0.3, -0.25) is 4.79 Å². The number of amides is 1. The summed E-state index contributed by atoms with van der Waals surface area (Å²) in [5, 5.41) is 3.27. The third kappa shape index (κ3) is 3.74. The average Bonchev–Trinajstić information content (AvgIpc) is 2.75. The Morgan fingerprint density at radius 3 is 2.69 bits per heavy atom. The van der Waals surface area contributed by atoms with Gasteiger partial charge in [-0.1, -0.05) is 6.92 Å². The van der Waals surface area contributed by atoms with E-state index in [9.17, 15) is 4.79 Å². The molecule has 4 heteroatoms. The summed E-state index contributed by atoms with van der Waals surface area (Å²) in [6.07, 6.45) is 1.64. The number of primary amides is 1. The van der Waals surface area contributed by atoms with E-state index < -0.39 is 0 Å². The molecular weight excluding hydrogens is 166 g/mol. The fourth-order valence-electron chi connectivity index (χ4n) is 1.48. The van der Waals surface area contributed by atoms with E-state index >= 15 is 0 Å². The van der Waals surface area contributed by atoms with Crippen molar-refractivity contribution in [3.63, 3.8) is 0 Å². The SMILES string of the molecule is CC1CC1CNC(CN)CC(N)=O. The minimum absolute atomic E-state index is 0.0605. The van der Waals surface area contributed by atoms with Crippen molar-refractivity contribution in [1.29, 1.82) is 0 Å². The van der Waals surface area contributed by atoms with Crippen LogP contribution in [0.3, 0.4) is 0 Å². The summed E-state index contributed by atoms with van der Waals surface area (Å²) in [5.41, 5.74) is 10.6. The molecule has 0 bridgehead atoms. The second-order valence-electron chi connectivity index (χ2n) is 3.98. The van der Waals surface area contributed by atoms with Crippen molar-refractivity contribution in [2.75, 3.05) is 13.1 Å². The lowest BCUT2D eigenvalue weighted by Crippen LogP contribution is -2.40. The molecule has 3 unspecified atom stereocenters. The van der Waals surface area contributed by atoms with Crippen LogP contribution in [0.2, 0.25) is 0 Å². The van der Waals surface area contributed by atoms with Gasteiger partial charge >= 0.3 is 0 Å². The van der Waals surface area contributed by atoms with Crippen LogP contribution in [0.1, 0.15) is 19.8 Å². The standard InChI is InChI=1S/C9H19N3O/c1-6-2-7(6)5-12-8(4-10)3-9(11)13/h6-8,12H,2-5,10H2,1H3,(H2,11,13). The highest BCUT2D eigenvalue weighted by Crippen LogP contribution is 2.36. The largest absolute Gasteiger partial charge is 0.370 e. The van der Waals surface area contributed by atoms with Crippen molar-refractivity contribution in [3.05, 3.63) is 0 Å². The van der Waals surface area contributed by atoms with E-state index in [2.05, 4.69) is 12.2 Å². The smallest absolute Gasteiger partial charge is 0.219 e. The number of hydrogen-bond acceptors (Lipinski definition) is 3. The molecular formula is C9H19N3O. The first kappa shape index (κ1) is 10.5. The number of hydrogen-bond donors (Lipinski definition) is 3. The van der Waals surface area contributed by atoms with Gasteiger partial charge in [-0.15, -0.1) is 0 Å². The van der Waals surface area contributed by atoms with Gasteiger partial charge in [0.25, 0.3) is 0 Å². The van der Waals surface area contributed by atoms with E-state index in [0.717, 1.165) is 18.4 Å². The van der Waals surface area contributed by atoms with Gasteiger partial charge in [-0.25, -0.2) is 0 Å². The summed E-state index contributed by atoms with van der Waals surface area (Å²) in [6.45, 7) is 3.68. The maximum atomic E-state index is 10.6. The molecule has 4 nitrogen and oxygen atoms in total.